The first-order valence-corrected chi connectivity index (χ1v) is 9.12. The van der Waals surface area contributed by atoms with Gasteiger partial charge in [0.25, 0.3) is 0 Å². The SMILES string of the molecule is CCCCCCCC(O)CCP(=O)(O)O[P+](=O)O. The van der Waals surface area contributed by atoms with E-state index in [1.807, 2.05) is 0 Å². The van der Waals surface area contributed by atoms with E-state index in [1.54, 1.807) is 0 Å². The fraction of sp³-hybridized carbons (Fsp3) is 1.00. The van der Waals surface area contributed by atoms with Crippen LogP contribution in [0.3, 0.4) is 0 Å². The van der Waals surface area contributed by atoms with Crippen molar-refractivity contribution in [2.24, 2.45) is 0 Å². The molecule has 0 fully saturated rings. The Morgan fingerprint density at radius 1 is 1.22 bits per heavy atom. The number of unbranched alkanes of at least 4 members (excludes halogenated alkanes) is 4. The van der Waals surface area contributed by atoms with Gasteiger partial charge in [-0.25, -0.2) is 0 Å². The van der Waals surface area contributed by atoms with E-state index in [0.29, 0.717) is 6.42 Å². The van der Waals surface area contributed by atoms with Crippen molar-refractivity contribution in [3.8, 4) is 0 Å². The quantitative estimate of drug-likeness (QED) is 0.400. The third-order valence-corrected chi connectivity index (χ3v) is 4.99. The van der Waals surface area contributed by atoms with E-state index in [2.05, 4.69) is 11.2 Å². The van der Waals surface area contributed by atoms with Crippen molar-refractivity contribution < 1.29 is 28.3 Å². The second-order valence-electron chi connectivity index (χ2n) is 4.33. The lowest BCUT2D eigenvalue weighted by Gasteiger charge is -2.10. The number of aliphatic hydroxyl groups is 1. The molecule has 0 saturated carbocycles. The number of hydrogen-bond donors (Lipinski definition) is 3. The van der Waals surface area contributed by atoms with Crippen LogP contribution in [0.4, 0.5) is 0 Å². The van der Waals surface area contributed by atoms with E-state index >= 15 is 0 Å². The monoisotopic (exact) mass is 301 g/mol. The second-order valence-corrected chi connectivity index (χ2v) is 7.18. The third-order valence-electron chi connectivity index (χ3n) is 2.58. The van der Waals surface area contributed by atoms with E-state index in [0.717, 1.165) is 25.7 Å². The zero-order chi connectivity index (χ0) is 14.0. The molecule has 0 aliphatic heterocycles. The molecule has 0 spiro atoms. The molecule has 18 heavy (non-hydrogen) atoms. The van der Waals surface area contributed by atoms with Crippen molar-refractivity contribution in [3.05, 3.63) is 0 Å². The van der Waals surface area contributed by atoms with Crippen molar-refractivity contribution in [1.29, 1.82) is 0 Å². The highest BCUT2D eigenvalue weighted by molar-refractivity contribution is 7.59. The summed E-state index contributed by atoms with van der Waals surface area (Å²) in [6.45, 7) is 2.12. The normalized spacial score (nSPS) is 17.2. The summed E-state index contributed by atoms with van der Waals surface area (Å²) in [4.78, 5) is 17.5. The van der Waals surface area contributed by atoms with Gasteiger partial charge in [0.15, 0.2) is 0 Å². The van der Waals surface area contributed by atoms with Gasteiger partial charge < -0.3 is 10.00 Å². The summed E-state index contributed by atoms with van der Waals surface area (Å²) < 4.78 is 25.5. The highest BCUT2D eigenvalue weighted by Crippen LogP contribution is 2.50. The Labute approximate surface area is 109 Å². The Bertz CT molecular complexity index is 284. The smallest absolute Gasteiger partial charge is 0.393 e. The third kappa shape index (κ3) is 11.3. The van der Waals surface area contributed by atoms with Crippen LogP contribution >= 0.6 is 15.9 Å². The van der Waals surface area contributed by atoms with Gasteiger partial charge in [0.2, 0.25) is 0 Å². The molecule has 0 aromatic carbocycles. The summed E-state index contributed by atoms with van der Waals surface area (Å²) in [6, 6.07) is 0. The minimum Gasteiger partial charge on any atom is -0.393 e. The van der Waals surface area contributed by atoms with Gasteiger partial charge in [-0.15, -0.1) is 4.89 Å². The second kappa shape index (κ2) is 10.0. The predicted molar refractivity (Wildman–Crippen MR) is 69.6 cm³/mol. The fourth-order valence-electron chi connectivity index (χ4n) is 1.59. The zero-order valence-electron chi connectivity index (χ0n) is 10.7. The molecule has 3 N–H and O–H groups in total. The van der Waals surface area contributed by atoms with Crippen LogP contribution in [0.5, 0.6) is 0 Å². The Balaban J connectivity index is 3.66. The van der Waals surface area contributed by atoms with Gasteiger partial charge in [0, 0.05) is 4.57 Å². The molecule has 0 bridgehead atoms. The molecule has 0 aliphatic carbocycles. The van der Waals surface area contributed by atoms with Crippen LogP contribution in [0, 0.1) is 0 Å². The average Bonchev–Trinajstić information content (AvgIpc) is 2.24. The van der Waals surface area contributed by atoms with Crippen LogP contribution in [-0.4, -0.2) is 27.2 Å². The predicted octanol–water partition coefficient (Wildman–Crippen LogP) is 2.95. The molecule has 0 aliphatic rings. The maximum atomic E-state index is 11.2. The molecule has 8 heteroatoms. The van der Waals surface area contributed by atoms with Gasteiger partial charge in [-0.1, -0.05) is 39.0 Å². The number of rotatable bonds is 11. The molecule has 3 atom stereocenters. The molecule has 0 radical (unpaired) electrons. The van der Waals surface area contributed by atoms with Crippen molar-refractivity contribution in [2.75, 3.05) is 6.16 Å². The van der Waals surface area contributed by atoms with Crippen molar-refractivity contribution in [3.63, 3.8) is 0 Å². The topological polar surface area (TPSA) is 104 Å². The van der Waals surface area contributed by atoms with Crippen LogP contribution in [0.1, 0.15) is 51.9 Å². The lowest BCUT2D eigenvalue weighted by atomic mass is 10.1. The minimum absolute atomic E-state index is 0.102. The molecule has 6 nitrogen and oxygen atoms in total. The fourth-order valence-corrected chi connectivity index (χ4v) is 3.41. The summed E-state index contributed by atoms with van der Waals surface area (Å²) in [6.07, 6.45) is 5.12. The van der Waals surface area contributed by atoms with Crippen molar-refractivity contribution >= 4 is 15.9 Å². The average molecular weight is 301 g/mol. The molecule has 0 heterocycles. The molecular formula is C10H23O6P2+. The first kappa shape index (κ1) is 18.2. The van der Waals surface area contributed by atoms with E-state index < -0.39 is 22.0 Å². The van der Waals surface area contributed by atoms with Gasteiger partial charge in [0.05, 0.1) is 12.3 Å². The molecule has 0 saturated heterocycles. The molecular weight excluding hydrogens is 278 g/mol. The number of hydrogen-bond acceptors (Lipinski definition) is 4. The van der Waals surface area contributed by atoms with E-state index in [4.69, 9.17) is 9.79 Å². The van der Waals surface area contributed by atoms with Crippen LogP contribution < -0.4 is 0 Å². The van der Waals surface area contributed by atoms with Crippen LogP contribution in [0.2, 0.25) is 0 Å². The van der Waals surface area contributed by atoms with E-state index in [1.165, 1.54) is 6.42 Å². The van der Waals surface area contributed by atoms with Crippen molar-refractivity contribution in [1.82, 2.24) is 0 Å². The summed E-state index contributed by atoms with van der Waals surface area (Å²) in [5.41, 5.74) is 0. The molecule has 0 amide bonds. The zero-order valence-corrected chi connectivity index (χ0v) is 12.5. The van der Waals surface area contributed by atoms with E-state index in [9.17, 15) is 14.2 Å². The van der Waals surface area contributed by atoms with Crippen LogP contribution in [0.15, 0.2) is 0 Å². The standard InChI is InChI=1S/C10H22O6P2/c1-2-3-4-5-6-7-10(11)8-9-18(14,15)16-17(12)13/h10-11H,2-9H2,1H3,(H-,12,13,14,15)/p+1. The Morgan fingerprint density at radius 3 is 2.39 bits per heavy atom. The summed E-state index contributed by atoms with van der Waals surface area (Å²) >= 11 is 0. The van der Waals surface area contributed by atoms with Gasteiger partial charge in [-0.2, -0.15) is 0 Å². The summed E-state index contributed by atoms with van der Waals surface area (Å²) in [7, 11) is -7.13. The Kier molecular flexibility index (Phi) is 10.1. The van der Waals surface area contributed by atoms with Gasteiger partial charge in [-0.05, 0) is 17.2 Å². The Morgan fingerprint density at radius 2 is 1.83 bits per heavy atom. The number of aliphatic hydroxyl groups excluding tert-OH is 1. The lowest BCUT2D eigenvalue weighted by molar-refractivity contribution is 0.155. The van der Waals surface area contributed by atoms with E-state index in [-0.39, 0.29) is 12.6 Å². The Hall–Kier alpha value is 0.170. The molecule has 0 aromatic heterocycles. The highest BCUT2D eigenvalue weighted by atomic mass is 31.2. The summed E-state index contributed by atoms with van der Waals surface area (Å²) in [5, 5.41) is 9.58. The van der Waals surface area contributed by atoms with Gasteiger partial charge in [0.1, 0.15) is 0 Å². The van der Waals surface area contributed by atoms with Crippen LogP contribution in [0.25, 0.3) is 0 Å². The first-order valence-electron chi connectivity index (χ1n) is 6.23. The van der Waals surface area contributed by atoms with Gasteiger partial charge >= 0.3 is 15.9 Å². The minimum atomic E-state index is -4.05. The lowest BCUT2D eigenvalue weighted by Crippen LogP contribution is -2.09. The maximum absolute atomic E-state index is 11.2. The summed E-state index contributed by atoms with van der Waals surface area (Å²) in [5.74, 6) is 0. The molecule has 3 unspecified atom stereocenters. The largest absolute Gasteiger partial charge is 0.703 e. The van der Waals surface area contributed by atoms with Crippen molar-refractivity contribution in [2.45, 2.75) is 58.0 Å². The maximum Gasteiger partial charge on any atom is 0.703 e. The first-order chi connectivity index (χ1) is 8.37. The molecule has 108 valence electrons. The molecule has 0 rings (SSSR count). The highest BCUT2D eigenvalue weighted by Gasteiger charge is 2.32. The van der Waals surface area contributed by atoms with Gasteiger partial charge in [-0.3, -0.25) is 4.57 Å². The van der Waals surface area contributed by atoms with Crippen LogP contribution in [-0.2, 0) is 13.4 Å². The molecule has 0 aromatic rings.